The number of unbranched alkanes of at least 4 members (excludes halogenated alkanes) is 2. The van der Waals surface area contributed by atoms with E-state index in [-0.39, 0.29) is 27.7 Å². The molecule has 1 atom stereocenters. The van der Waals surface area contributed by atoms with Crippen LogP contribution in [0, 0.1) is 0 Å². The van der Waals surface area contributed by atoms with Crippen LogP contribution in [0.5, 0.6) is 0 Å². The van der Waals surface area contributed by atoms with Crippen LogP contribution < -0.4 is 0 Å². The van der Waals surface area contributed by atoms with Gasteiger partial charge in [-0.25, -0.2) is 0 Å². The van der Waals surface area contributed by atoms with E-state index in [1.165, 1.54) is 31.2 Å². The van der Waals surface area contributed by atoms with Gasteiger partial charge in [-0.2, -0.15) is 0 Å². The summed E-state index contributed by atoms with van der Waals surface area (Å²) >= 11 is 0.149. The minimum Gasteiger partial charge on any atom is -0.394 e. The van der Waals surface area contributed by atoms with Gasteiger partial charge in [0.05, 0.1) is 12.7 Å². The Morgan fingerprint density at radius 2 is 1.61 bits per heavy atom. The van der Waals surface area contributed by atoms with Crippen molar-refractivity contribution in [1.82, 2.24) is 4.90 Å². The topological polar surface area (TPSA) is 43.7 Å². The Bertz CT molecular complexity index is 342. The van der Waals surface area contributed by atoms with Gasteiger partial charge < -0.3 is 10.2 Å². The zero-order chi connectivity index (χ0) is 17.3. The Morgan fingerprint density at radius 1 is 1.04 bits per heavy atom. The molecule has 0 fully saturated rings. The summed E-state index contributed by atoms with van der Waals surface area (Å²) < 4.78 is 3.25. The third-order valence-corrected chi connectivity index (χ3v) is 7.48. The number of hydrogen-bond donors (Lipinski definition) is 2. The maximum Gasteiger partial charge on any atom is 0.0897 e. The standard InChI is InChI=1S/C11H17NO2.2C4H9.Sn/c1-12(8-11(14)9-13)7-10-5-3-2-4-6-10;2*1-3-4-2;/h2-6,11,13-14H,7-9H2,1H3;2*1,3-4H2,2H3;. The van der Waals surface area contributed by atoms with Gasteiger partial charge in [-0.05, 0) is 12.6 Å². The number of likely N-dealkylation sites (N-methyl/N-ethyl adjacent to an activating group) is 1. The van der Waals surface area contributed by atoms with Crippen molar-refractivity contribution in [3.05, 3.63) is 35.9 Å². The molecule has 0 spiro atoms. The van der Waals surface area contributed by atoms with Crippen LogP contribution in [0.4, 0.5) is 0 Å². The number of aliphatic hydroxyl groups excluding tert-OH is 2. The first kappa shape index (κ1) is 22.9. The van der Waals surface area contributed by atoms with Gasteiger partial charge in [0, 0.05) is 13.1 Å². The van der Waals surface area contributed by atoms with E-state index in [2.05, 4.69) is 13.8 Å². The van der Waals surface area contributed by atoms with Crippen molar-refractivity contribution >= 4 is 21.1 Å². The second-order valence-corrected chi connectivity index (χ2v) is 10.3. The third kappa shape index (κ3) is 15.2. The van der Waals surface area contributed by atoms with Gasteiger partial charge in [-0.1, -0.05) is 30.3 Å². The minimum absolute atomic E-state index is 0.149. The summed E-state index contributed by atoms with van der Waals surface area (Å²) in [5.41, 5.74) is 1.21. The van der Waals surface area contributed by atoms with E-state index in [1.54, 1.807) is 8.87 Å². The van der Waals surface area contributed by atoms with Crippen molar-refractivity contribution < 1.29 is 10.2 Å². The quantitative estimate of drug-likeness (QED) is 0.418. The molecule has 0 saturated heterocycles. The number of rotatable bonds is 11. The maximum atomic E-state index is 9.21. The monoisotopic (exact) mass is 429 g/mol. The Balaban J connectivity index is 0.000000468. The molecule has 3 nitrogen and oxygen atoms in total. The average molecular weight is 428 g/mol. The molecule has 0 aliphatic rings. The molecule has 0 aromatic heterocycles. The van der Waals surface area contributed by atoms with E-state index >= 15 is 0 Å². The second kappa shape index (κ2) is 16.7. The van der Waals surface area contributed by atoms with E-state index in [9.17, 15) is 5.11 Å². The summed E-state index contributed by atoms with van der Waals surface area (Å²) in [5, 5.41) is 17.9. The molecule has 0 bridgehead atoms. The van der Waals surface area contributed by atoms with E-state index in [0.717, 1.165) is 6.54 Å². The molecule has 132 valence electrons. The molecule has 0 amide bonds. The normalized spacial score (nSPS) is 11.9. The maximum absolute atomic E-state index is 9.21. The molecule has 23 heavy (non-hydrogen) atoms. The fourth-order valence-electron chi connectivity index (χ4n) is 2.11. The van der Waals surface area contributed by atoms with Crippen LogP contribution in [0.25, 0.3) is 0 Å². The van der Waals surface area contributed by atoms with Crippen molar-refractivity contribution in [3.63, 3.8) is 0 Å². The number of aliphatic hydroxyl groups is 2. The van der Waals surface area contributed by atoms with Crippen LogP contribution in [0.3, 0.4) is 0 Å². The first-order valence-electron chi connectivity index (χ1n) is 8.86. The zero-order valence-electron chi connectivity index (χ0n) is 15.2. The largest absolute Gasteiger partial charge is 0.394 e. The Kier molecular flexibility index (Phi) is 16.7. The molecule has 2 N–H and O–H groups in total. The summed E-state index contributed by atoms with van der Waals surface area (Å²) in [5.74, 6) is 0. The van der Waals surface area contributed by atoms with Crippen LogP contribution in [0.1, 0.15) is 45.1 Å². The van der Waals surface area contributed by atoms with Crippen LogP contribution in [0.15, 0.2) is 30.3 Å². The van der Waals surface area contributed by atoms with Gasteiger partial charge >= 0.3 is 69.5 Å². The van der Waals surface area contributed by atoms with E-state index in [0.29, 0.717) is 6.54 Å². The molecule has 1 rings (SSSR count). The molecule has 0 saturated carbocycles. The fourth-order valence-corrected chi connectivity index (χ4v) is 6.26. The van der Waals surface area contributed by atoms with Gasteiger partial charge in [0.1, 0.15) is 0 Å². The second-order valence-electron chi connectivity index (χ2n) is 5.98. The number of hydrogen-bond acceptors (Lipinski definition) is 3. The smallest absolute Gasteiger partial charge is 0.0897 e. The van der Waals surface area contributed by atoms with Crippen LogP contribution in [0.2, 0.25) is 8.87 Å². The predicted molar refractivity (Wildman–Crippen MR) is 101 cm³/mol. The van der Waals surface area contributed by atoms with Crippen LogP contribution in [-0.2, 0) is 6.54 Å². The third-order valence-electron chi connectivity index (χ3n) is 3.44. The molecule has 0 heterocycles. The Labute approximate surface area is 153 Å². The molecular weight excluding hydrogens is 393 g/mol. The van der Waals surface area contributed by atoms with E-state index in [1.807, 2.05) is 42.3 Å². The van der Waals surface area contributed by atoms with Crippen LogP contribution >= 0.6 is 0 Å². The van der Waals surface area contributed by atoms with Gasteiger partial charge in [-0.15, -0.1) is 0 Å². The first-order chi connectivity index (χ1) is 11.1. The van der Waals surface area contributed by atoms with Crippen molar-refractivity contribution in [2.24, 2.45) is 0 Å². The number of benzene rings is 1. The molecule has 1 aromatic rings. The molecule has 0 aliphatic heterocycles. The molecule has 1 unspecified atom stereocenters. The van der Waals surface area contributed by atoms with Crippen molar-refractivity contribution in [3.8, 4) is 0 Å². The summed E-state index contributed by atoms with van der Waals surface area (Å²) in [6.45, 7) is 5.68. The van der Waals surface area contributed by atoms with Gasteiger partial charge in [0.15, 0.2) is 0 Å². The summed E-state index contributed by atoms with van der Waals surface area (Å²) in [7, 11) is 1.92. The van der Waals surface area contributed by atoms with Gasteiger partial charge in [-0.3, -0.25) is 4.90 Å². The van der Waals surface area contributed by atoms with Crippen molar-refractivity contribution in [1.29, 1.82) is 0 Å². The molecule has 1 aromatic carbocycles. The Morgan fingerprint density at radius 3 is 2.09 bits per heavy atom. The summed E-state index contributed by atoms with van der Waals surface area (Å²) in [6, 6.07) is 10.0. The van der Waals surface area contributed by atoms with E-state index in [4.69, 9.17) is 5.11 Å². The Hall–Kier alpha value is -0.101. The van der Waals surface area contributed by atoms with Crippen molar-refractivity contribution in [2.75, 3.05) is 20.2 Å². The SMILES string of the molecule is CCC[CH2][Sn][CH2]CCC.CN(Cc1ccccc1)CC(O)CO. The predicted octanol–water partition coefficient (Wildman–Crippen LogP) is 3.60. The molecular formula is C19H35NO2Sn. The van der Waals surface area contributed by atoms with E-state index < -0.39 is 6.10 Å². The van der Waals surface area contributed by atoms with Crippen molar-refractivity contribution in [2.45, 2.75) is 61.1 Å². The minimum atomic E-state index is -0.649. The summed E-state index contributed by atoms with van der Waals surface area (Å²) in [6.07, 6.45) is 5.19. The van der Waals surface area contributed by atoms with Gasteiger partial charge in [0.2, 0.25) is 0 Å². The zero-order valence-corrected chi connectivity index (χ0v) is 18.0. The molecule has 0 aliphatic carbocycles. The van der Waals surface area contributed by atoms with Crippen LogP contribution in [-0.4, -0.2) is 62.6 Å². The first-order valence-corrected chi connectivity index (χ1v) is 12.9. The average Bonchev–Trinajstić information content (AvgIpc) is 2.56. The fraction of sp³-hybridized carbons (Fsp3) is 0.684. The molecule has 4 heteroatoms. The number of nitrogens with zero attached hydrogens (tertiary/aromatic N) is 1. The molecule has 2 radical (unpaired) electrons. The van der Waals surface area contributed by atoms with Gasteiger partial charge in [0.25, 0.3) is 0 Å². The summed E-state index contributed by atoms with van der Waals surface area (Å²) in [4.78, 5) is 1.98.